The van der Waals surface area contributed by atoms with E-state index in [0.29, 0.717) is 11.4 Å². The van der Waals surface area contributed by atoms with E-state index in [1.165, 1.54) is 24.9 Å². The van der Waals surface area contributed by atoms with Gasteiger partial charge in [0.25, 0.3) is 0 Å². The normalized spacial score (nSPS) is 23.9. The van der Waals surface area contributed by atoms with Crippen LogP contribution in [0.2, 0.25) is 0 Å². The minimum absolute atomic E-state index is 0.183. The third kappa shape index (κ3) is 3.31. The second-order valence-electron chi connectivity index (χ2n) is 4.60. The van der Waals surface area contributed by atoms with Gasteiger partial charge in [-0.25, -0.2) is 4.79 Å². The number of carbonyl (C=O) groups is 1. The molecule has 2 rings (SSSR count). The molecule has 1 aromatic rings. The maximum absolute atomic E-state index is 11.3. The summed E-state index contributed by atoms with van der Waals surface area (Å²) in [5.74, 6) is -0.288. The summed E-state index contributed by atoms with van der Waals surface area (Å²) in [7, 11) is 1.39. The van der Waals surface area contributed by atoms with Crippen LogP contribution in [0.1, 0.15) is 40.2 Å². The molecule has 1 saturated carbocycles. The first-order valence-electron chi connectivity index (χ1n) is 6.29. The lowest BCUT2D eigenvalue weighted by molar-refractivity contribution is 0.0606. The Bertz CT molecular complexity index is 405. The van der Waals surface area contributed by atoms with Crippen molar-refractivity contribution >= 4 is 17.3 Å². The molecule has 0 bridgehead atoms. The maximum atomic E-state index is 11.3. The van der Waals surface area contributed by atoms with Crippen molar-refractivity contribution in [2.45, 2.75) is 44.4 Å². The third-order valence-corrected chi connectivity index (χ3v) is 4.38. The fourth-order valence-corrected chi connectivity index (χ4v) is 3.14. The maximum Gasteiger partial charge on any atom is 0.348 e. The number of esters is 1. The zero-order chi connectivity index (χ0) is 13.0. The van der Waals surface area contributed by atoms with Crippen molar-refractivity contribution in [3.8, 4) is 0 Å². The molecular weight excluding hydrogens is 250 g/mol. The Morgan fingerprint density at radius 1 is 1.50 bits per heavy atom. The number of ether oxygens (including phenoxy) is 1. The Balaban J connectivity index is 1.86. The molecule has 0 radical (unpaired) electrons. The van der Waals surface area contributed by atoms with E-state index in [4.69, 9.17) is 0 Å². The van der Waals surface area contributed by atoms with Crippen LogP contribution < -0.4 is 5.32 Å². The number of hydrogen-bond acceptors (Lipinski definition) is 5. The number of aliphatic hydroxyl groups excluding tert-OH is 1. The van der Waals surface area contributed by atoms with Crippen molar-refractivity contribution in [1.29, 1.82) is 0 Å². The Labute approximate surface area is 111 Å². The van der Waals surface area contributed by atoms with E-state index in [9.17, 15) is 9.90 Å². The summed E-state index contributed by atoms with van der Waals surface area (Å²) < 4.78 is 4.67. The molecule has 1 heterocycles. The van der Waals surface area contributed by atoms with Crippen molar-refractivity contribution in [2.75, 3.05) is 7.11 Å². The van der Waals surface area contributed by atoms with Crippen LogP contribution in [0.4, 0.5) is 0 Å². The Morgan fingerprint density at radius 2 is 2.28 bits per heavy atom. The van der Waals surface area contributed by atoms with Gasteiger partial charge in [0.2, 0.25) is 0 Å². The van der Waals surface area contributed by atoms with E-state index in [1.54, 1.807) is 6.07 Å². The highest BCUT2D eigenvalue weighted by Gasteiger charge is 2.22. The van der Waals surface area contributed by atoms with Crippen molar-refractivity contribution in [3.05, 3.63) is 21.9 Å². The molecule has 0 saturated heterocycles. The van der Waals surface area contributed by atoms with Crippen LogP contribution in [0.15, 0.2) is 12.1 Å². The van der Waals surface area contributed by atoms with Crippen LogP contribution in [-0.2, 0) is 11.3 Å². The largest absolute Gasteiger partial charge is 0.465 e. The van der Waals surface area contributed by atoms with Gasteiger partial charge in [-0.1, -0.05) is 12.8 Å². The number of methoxy groups -OCH3 is 1. The van der Waals surface area contributed by atoms with Gasteiger partial charge in [-0.15, -0.1) is 11.3 Å². The molecule has 18 heavy (non-hydrogen) atoms. The Morgan fingerprint density at radius 3 is 3.00 bits per heavy atom. The lowest BCUT2D eigenvalue weighted by Crippen LogP contribution is -2.41. The van der Waals surface area contributed by atoms with Crippen LogP contribution in [0.3, 0.4) is 0 Å². The van der Waals surface area contributed by atoms with Crippen molar-refractivity contribution < 1.29 is 14.6 Å². The molecule has 0 unspecified atom stereocenters. The monoisotopic (exact) mass is 269 g/mol. The first-order valence-corrected chi connectivity index (χ1v) is 7.11. The lowest BCUT2D eigenvalue weighted by Gasteiger charge is -2.28. The highest BCUT2D eigenvalue weighted by atomic mass is 32.1. The lowest BCUT2D eigenvalue weighted by atomic mass is 9.92. The first-order chi connectivity index (χ1) is 8.70. The Hall–Kier alpha value is -0.910. The number of nitrogens with one attached hydrogen (secondary N) is 1. The van der Waals surface area contributed by atoms with Crippen LogP contribution in [-0.4, -0.2) is 30.3 Å². The van der Waals surface area contributed by atoms with Crippen LogP contribution in [0.5, 0.6) is 0 Å². The molecule has 1 fully saturated rings. The summed E-state index contributed by atoms with van der Waals surface area (Å²) in [5, 5.41) is 13.2. The minimum Gasteiger partial charge on any atom is -0.465 e. The number of carbonyl (C=O) groups excluding carboxylic acids is 1. The molecule has 5 heteroatoms. The minimum atomic E-state index is -0.288. The topological polar surface area (TPSA) is 58.6 Å². The van der Waals surface area contributed by atoms with Gasteiger partial charge in [0.15, 0.2) is 0 Å². The molecule has 0 amide bonds. The second-order valence-corrected chi connectivity index (χ2v) is 5.77. The number of aliphatic hydroxyl groups is 1. The molecule has 1 aliphatic carbocycles. The average Bonchev–Trinajstić information content (AvgIpc) is 2.86. The molecule has 0 aromatic carbocycles. The highest BCUT2D eigenvalue weighted by molar-refractivity contribution is 7.13. The van der Waals surface area contributed by atoms with Crippen LogP contribution >= 0.6 is 11.3 Å². The number of rotatable bonds is 4. The van der Waals surface area contributed by atoms with Gasteiger partial charge in [-0.05, 0) is 25.0 Å². The highest BCUT2D eigenvalue weighted by Crippen LogP contribution is 2.21. The van der Waals surface area contributed by atoms with E-state index >= 15 is 0 Å². The first kappa shape index (κ1) is 13.5. The fraction of sp³-hybridized carbons (Fsp3) is 0.615. The number of thiophene rings is 1. The summed E-state index contributed by atoms with van der Waals surface area (Å²) in [6.07, 6.45) is 3.96. The molecular formula is C13H19NO3S. The fourth-order valence-electron chi connectivity index (χ4n) is 2.26. The zero-order valence-electron chi connectivity index (χ0n) is 10.5. The summed E-state index contributed by atoms with van der Waals surface area (Å²) >= 11 is 1.44. The van der Waals surface area contributed by atoms with Gasteiger partial charge in [0.05, 0.1) is 13.2 Å². The summed E-state index contributed by atoms with van der Waals surface area (Å²) in [5.41, 5.74) is 0. The average molecular weight is 269 g/mol. The van der Waals surface area contributed by atoms with Gasteiger partial charge in [0, 0.05) is 17.5 Å². The predicted molar refractivity (Wildman–Crippen MR) is 70.8 cm³/mol. The van der Waals surface area contributed by atoms with Gasteiger partial charge in [0.1, 0.15) is 4.88 Å². The third-order valence-electron chi connectivity index (χ3n) is 3.32. The quantitative estimate of drug-likeness (QED) is 0.820. The van der Waals surface area contributed by atoms with E-state index in [-0.39, 0.29) is 18.1 Å². The van der Waals surface area contributed by atoms with E-state index < -0.39 is 0 Å². The van der Waals surface area contributed by atoms with Crippen molar-refractivity contribution in [1.82, 2.24) is 5.32 Å². The molecule has 2 atom stereocenters. The molecule has 1 aromatic heterocycles. The summed E-state index contributed by atoms with van der Waals surface area (Å²) in [6.45, 7) is 0.698. The second kappa shape index (κ2) is 6.31. The van der Waals surface area contributed by atoms with Gasteiger partial charge < -0.3 is 15.2 Å². The van der Waals surface area contributed by atoms with Gasteiger partial charge >= 0.3 is 5.97 Å². The number of hydrogen-bond donors (Lipinski definition) is 2. The molecule has 0 spiro atoms. The predicted octanol–water partition coefficient (Wildman–Crippen LogP) is 1.93. The summed E-state index contributed by atoms with van der Waals surface area (Å²) in [6, 6.07) is 3.90. The molecule has 0 aliphatic heterocycles. The molecule has 2 N–H and O–H groups in total. The van der Waals surface area contributed by atoms with Gasteiger partial charge in [-0.3, -0.25) is 0 Å². The SMILES string of the molecule is COC(=O)c1ccc(CN[C@H]2CCCC[C@@H]2O)s1. The zero-order valence-corrected chi connectivity index (χ0v) is 11.3. The van der Waals surface area contributed by atoms with E-state index in [1.807, 2.05) is 6.07 Å². The standard InChI is InChI=1S/C13H19NO3S/c1-17-13(16)12-7-6-9(18-12)8-14-10-4-2-3-5-11(10)15/h6-7,10-11,14-15H,2-5,8H2,1H3/t10-,11-/m0/s1. The van der Waals surface area contributed by atoms with Crippen molar-refractivity contribution in [3.63, 3.8) is 0 Å². The molecule has 100 valence electrons. The molecule has 1 aliphatic rings. The van der Waals surface area contributed by atoms with E-state index in [2.05, 4.69) is 10.1 Å². The van der Waals surface area contributed by atoms with Crippen LogP contribution in [0, 0.1) is 0 Å². The van der Waals surface area contributed by atoms with Gasteiger partial charge in [-0.2, -0.15) is 0 Å². The van der Waals surface area contributed by atoms with Crippen molar-refractivity contribution in [2.24, 2.45) is 0 Å². The van der Waals surface area contributed by atoms with E-state index in [0.717, 1.165) is 24.1 Å². The van der Waals surface area contributed by atoms with Crippen LogP contribution in [0.25, 0.3) is 0 Å². The smallest absolute Gasteiger partial charge is 0.348 e. The summed E-state index contributed by atoms with van der Waals surface area (Å²) in [4.78, 5) is 13.0. The Kier molecular flexibility index (Phi) is 4.74. The molecule has 4 nitrogen and oxygen atoms in total.